The maximum absolute atomic E-state index is 12.9. The number of phenolic OH excluding ortho intramolecular Hbond substituents is 1. The number of aromatic amines is 1. The first kappa shape index (κ1) is 23.6. The van der Waals surface area contributed by atoms with E-state index in [4.69, 9.17) is 9.47 Å². The summed E-state index contributed by atoms with van der Waals surface area (Å²) in [5.41, 5.74) is 5.97. The van der Waals surface area contributed by atoms with Gasteiger partial charge in [-0.15, -0.1) is 0 Å². The zero-order valence-corrected chi connectivity index (χ0v) is 20.8. The fraction of sp³-hybridized carbons (Fsp3) is 0.300. The molecular formula is C30H30FN3O3. The standard InChI is InChI=1S/C30H30FN3O3/c1-19-25-15-22(35)7-10-28(25)37-30(29(19)24-3-2-4-27-26(24)17-32-33-27)21-5-8-23(9-6-21)36-14-13-34-12-11-20(16-31)18-34/h2-10,15,17,20,30,35H,11-14,16,18H2,1H3,(H,32,33)/t20-,30?/m0/s1. The van der Waals surface area contributed by atoms with Gasteiger partial charge in [-0.1, -0.05) is 24.3 Å². The predicted octanol–water partition coefficient (Wildman–Crippen LogP) is 6.00. The SMILES string of the molecule is CC1=C(c2cccc3[nH]ncc23)C(c2ccc(OCCN3CC[C@@H](CF)C3)cc2)Oc2ccc(O)cc21. The Hall–Kier alpha value is -3.84. The molecule has 0 radical (unpaired) electrons. The van der Waals surface area contributed by atoms with Crippen LogP contribution in [0.2, 0.25) is 0 Å². The van der Waals surface area contributed by atoms with Crippen molar-refractivity contribution in [1.82, 2.24) is 15.1 Å². The second-order valence-electron chi connectivity index (χ2n) is 9.88. The Kier molecular flexibility index (Phi) is 6.30. The highest BCUT2D eigenvalue weighted by Gasteiger charge is 2.30. The Balaban J connectivity index is 1.28. The maximum atomic E-state index is 12.9. The van der Waals surface area contributed by atoms with Gasteiger partial charge in [-0.25, -0.2) is 0 Å². The molecule has 1 unspecified atom stereocenters. The van der Waals surface area contributed by atoms with Crippen LogP contribution in [0.4, 0.5) is 4.39 Å². The number of H-pyrrole nitrogens is 1. The monoisotopic (exact) mass is 499 g/mol. The van der Waals surface area contributed by atoms with Gasteiger partial charge in [-0.05, 0) is 73.0 Å². The highest BCUT2D eigenvalue weighted by molar-refractivity contribution is 6.03. The van der Waals surface area contributed by atoms with E-state index in [1.54, 1.807) is 12.1 Å². The molecule has 2 atom stereocenters. The third-order valence-corrected chi connectivity index (χ3v) is 7.50. The van der Waals surface area contributed by atoms with Crippen molar-refractivity contribution >= 4 is 22.0 Å². The molecule has 3 aromatic carbocycles. The summed E-state index contributed by atoms with van der Waals surface area (Å²) in [7, 11) is 0. The van der Waals surface area contributed by atoms with Crippen molar-refractivity contribution in [3.8, 4) is 17.2 Å². The normalized spacial score (nSPS) is 19.7. The Labute approximate surface area is 215 Å². The van der Waals surface area contributed by atoms with Gasteiger partial charge in [0.15, 0.2) is 0 Å². The number of aromatic hydroxyl groups is 1. The molecule has 2 aliphatic rings. The first-order valence-electron chi connectivity index (χ1n) is 12.7. The number of rotatable bonds is 7. The number of benzene rings is 3. The lowest BCUT2D eigenvalue weighted by atomic mass is 9.85. The molecule has 0 aliphatic carbocycles. The van der Waals surface area contributed by atoms with E-state index >= 15 is 0 Å². The van der Waals surface area contributed by atoms with Gasteiger partial charge in [0, 0.05) is 35.5 Å². The summed E-state index contributed by atoms with van der Waals surface area (Å²) in [5, 5.41) is 18.5. The van der Waals surface area contributed by atoms with Crippen molar-refractivity contribution in [2.45, 2.75) is 19.4 Å². The van der Waals surface area contributed by atoms with Crippen LogP contribution in [0, 0.1) is 5.92 Å². The number of allylic oxidation sites excluding steroid dienone is 1. The highest BCUT2D eigenvalue weighted by Crippen LogP contribution is 2.48. The molecule has 4 aromatic rings. The summed E-state index contributed by atoms with van der Waals surface area (Å²) in [6.07, 6.45) is 2.43. The number of aromatic nitrogens is 2. The molecule has 190 valence electrons. The van der Waals surface area contributed by atoms with Crippen molar-refractivity contribution < 1.29 is 19.0 Å². The number of fused-ring (bicyclic) bond motifs is 2. The quantitative estimate of drug-likeness (QED) is 0.326. The van der Waals surface area contributed by atoms with E-state index in [-0.39, 0.29) is 24.4 Å². The van der Waals surface area contributed by atoms with Gasteiger partial charge in [-0.3, -0.25) is 14.4 Å². The zero-order valence-electron chi connectivity index (χ0n) is 20.8. The molecule has 6 nitrogen and oxygen atoms in total. The Bertz CT molecular complexity index is 1450. The summed E-state index contributed by atoms with van der Waals surface area (Å²) < 4.78 is 25.5. The van der Waals surface area contributed by atoms with Crippen LogP contribution in [-0.2, 0) is 0 Å². The van der Waals surface area contributed by atoms with Gasteiger partial charge in [0.1, 0.15) is 30.0 Å². The fourth-order valence-electron chi connectivity index (χ4n) is 5.50. The molecule has 3 heterocycles. The van der Waals surface area contributed by atoms with Crippen LogP contribution in [0.1, 0.15) is 36.1 Å². The molecular weight excluding hydrogens is 469 g/mol. The minimum absolute atomic E-state index is 0.169. The number of halogens is 1. The van der Waals surface area contributed by atoms with E-state index in [0.717, 1.165) is 76.3 Å². The van der Waals surface area contributed by atoms with Crippen LogP contribution in [0.25, 0.3) is 22.0 Å². The molecule has 2 N–H and O–H groups in total. The van der Waals surface area contributed by atoms with Crippen LogP contribution >= 0.6 is 0 Å². The molecule has 0 amide bonds. The smallest absolute Gasteiger partial charge is 0.150 e. The number of alkyl halides is 1. The van der Waals surface area contributed by atoms with Crippen molar-refractivity contribution in [2.75, 3.05) is 32.9 Å². The van der Waals surface area contributed by atoms with E-state index < -0.39 is 0 Å². The summed E-state index contributed by atoms with van der Waals surface area (Å²) in [5.74, 6) is 1.91. The summed E-state index contributed by atoms with van der Waals surface area (Å²) in [6, 6.07) is 19.4. The number of hydrogen-bond acceptors (Lipinski definition) is 5. The van der Waals surface area contributed by atoms with Crippen LogP contribution in [0.3, 0.4) is 0 Å². The van der Waals surface area contributed by atoms with E-state index in [1.165, 1.54) is 0 Å². The van der Waals surface area contributed by atoms with Gasteiger partial charge in [0.25, 0.3) is 0 Å². The van der Waals surface area contributed by atoms with Crippen LogP contribution in [0.15, 0.2) is 66.9 Å². The first-order valence-corrected chi connectivity index (χ1v) is 12.7. The number of hydrogen-bond donors (Lipinski definition) is 2. The van der Waals surface area contributed by atoms with Gasteiger partial charge in [-0.2, -0.15) is 5.10 Å². The van der Waals surface area contributed by atoms with Crippen LogP contribution in [-0.4, -0.2) is 53.1 Å². The highest BCUT2D eigenvalue weighted by atomic mass is 19.1. The minimum atomic E-state index is -0.339. The summed E-state index contributed by atoms with van der Waals surface area (Å²) in [4.78, 5) is 2.26. The van der Waals surface area contributed by atoms with E-state index in [1.807, 2.05) is 48.7 Å². The molecule has 0 saturated carbocycles. The summed E-state index contributed by atoms with van der Waals surface area (Å²) in [6.45, 7) is 4.96. The molecule has 7 heteroatoms. The first-order chi connectivity index (χ1) is 18.1. The lowest BCUT2D eigenvalue weighted by molar-refractivity contribution is 0.228. The van der Waals surface area contributed by atoms with Crippen LogP contribution < -0.4 is 9.47 Å². The molecule has 1 fully saturated rings. The molecule has 0 spiro atoms. The minimum Gasteiger partial charge on any atom is -0.508 e. The van der Waals surface area contributed by atoms with Gasteiger partial charge in [0.2, 0.25) is 0 Å². The average Bonchev–Trinajstić information content (AvgIpc) is 3.59. The number of phenols is 1. The fourth-order valence-corrected chi connectivity index (χ4v) is 5.50. The van der Waals surface area contributed by atoms with Crippen molar-refractivity contribution in [2.24, 2.45) is 5.92 Å². The maximum Gasteiger partial charge on any atom is 0.150 e. The van der Waals surface area contributed by atoms with E-state index in [0.29, 0.717) is 6.61 Å². The lowest BCUT2D eigenvalue weighted by Crippen LogP contribution is -2.26. The molecule has 1 saturated heterocycles. The number of nitrogens with one attached hydrogen (secondary N) is 1. The van der Waals surface area contributed by atoms with Crippen molar-refractivity contribution in [1.29, 1.82) is 0 Å². The average molecular weight is 500 g/mol. The molecule has 0 bridgehead atoms. The Morgan fingerprint density at radius 3 is 2.81 bits per heavy atom. The second kappa shape index (κ2) is 9.90. The molecule has 37 heavy (non-hydrogen) atoms. The second-order valence-corrected chi connectivity index (χ2v) is 9.88. The van der Waals surface area contributed by atoms with Gasteiger partial charge >= 0.3 is 0 Å². The molecule has 2 aliphatic heterocycles. The molecule has 6 rings (SSSR count). The summed E-state index contributed by atoms with van der Waals surface area (Å²) >= 11 is 0. The van der Waals surface area contributed by atoms with Crippen molar-refractivity contribution in [3.63, 3.8) is 0 Å². The Morgan fingerprint density at radius 2 is 2.00 bits per heavy atom. The van der Waals surface area contributed by atoms with Gasteiger partial charge in [0.05, 0.1) is 18.4 Å². The predicted molar refractivity (Wildman–Crippen MR) is 143 cm³/mol. The Morgan fingerprint density at radius 1 is 1.14 bits per heavy atom. The number of ether oxygens (including phenoxy) is 2. The van der Waals surface area contributed by atoms with E-state index in [2.05, 4.69) is 28.1 Å². The largest absolute Gasteiger partial charge is 0.508 e. The zero-order chi connectivity index (χ0) is 25.4. The topological polar surface area (TPSA) is 70.6 Å². The number of nitrogens with zero attached hydrogens (tertiary/aromatic N) is 2. The van der Waals surface area contributed by atoms with Crippen molar-refractivity contribution in [3.05, 3.63) is 83.6 Å². The van der Waals surface area contributed by atoms with E-state index in [9.17, 15) is 9.50 Å². The molecule has 1 aromatic heterocycles. The lowest BCUT2D eigenvalue weighted by Gasteiger charge is -2.31. The van der Waals surface area contributed by atoms with Crippen LogP contribution in [0.5, 0.6) is 17.2 Å². The third kappa shape index (κ3) is 4.55. The van der Waals surface area contributed by atoms with Gasteiger partial charge < -0.3 is 14.6 Å². The third-order valence-electron chi connectivity index (χ3n) is 7.50. The number of likely N-dealkylation sites (tertiary alicyclic amines) is 1.